The molecule has 0 spiro atoms. The molecule has 178 valence electrons. The van der Waals surface area contributed by atoms with Crippen molar-refractivity contribution >= 4 is 15.7 Å². The van der Waals surface area contributed by atoms with Gasteiger partial charge in [-0.25, -0.2) is 8.42 Å². The largest absolute Gasteiger partial charge is 0.348 e. The number of likely N-dealkylation sites (tertiary alicyclic amines) is 1. The van der Waals surface area contributed by atoms with Crippen LogP contribution in [0.1, 0.15) is 53.2 Å². The summed E-state index contributed by atoms with van der Waals surface area (Å²) in [4.78, 5) is 15.5. The van der Waals surface area contributed by atoms with Gasteiger partial charge < -0.3 is 5.32 Å². The summed E-state index contributed by atoms with van der Waals surface area (Å²) < 4.78 is 25.3. The predicted molar refractivity (Wildman–Crippen MR) is 135 cm³/mol. The molecule has 1 unspecified atom stereocenters. The molecule has 1 aliphatic heterocycles. The second-order valence-corrected chi connectivity index (χ2v) is 11.1. The number of sulfone groups is 1. The number of nitrogens with zero attached hydrogens (tertiary/aromatic N) is 1. The molecule has 0 aromatic heterocycles. The molecule has 0 aliphatic carbocycles. The zero-order chi connectivity index (χ0) is 24.0. The molecule has 1 aliphatic rings. The fourth-order valence-corrected chi connectivity index (χ4v) is 5.76. The molecule has 1 N–H and O–H groups in total. The van der Waals surface area contributed by atoms with E-state index in [1.54, 1.807) is 54.6 Å². The molecule has 1 fully saturated rings. The van der Waals surface area contributed by atoms with Crippen LogP contribution in [-0.2, 0) is 28.7 Å². The molecule has 0 radical (unpaired) electrons. The molecule has 1 atom stereocenters. The number of carbonyl (C=O) groups is 1. The van der Waals surface area contributed by atoms with E-state index in [4.69, 9.17) is 0 Å². The first-order valence-corrected chi connectivity index (χ1v) is 13.5. The Bertz CT molecular complexity index is 1210. The van der Waals surface area contributed by atoms with E-state index in [2.05, 4.69) is 41.4 Å². The number of nitrogens with one attached hydrogen (secondary N) is 1. The molecule has 4 rings (SSSR count). The van der Waals surface area contributed by atoms with Gasteiger partial charge in [-0.3, -0.25) is 9.69 Å². The van der Waals surface area contributed by atoms with Crippen LogP contribution in [-0.4, -0.2) is 31.8 Å². The Morgan fingerprint density at radius 2 is 1.65 bits per heavy atom. The highest BCUT2D eigenvalue weighted by atomic mass is 32.2. The summed E-state index contributed by atoms with van der Waals surface area (Å²) in [5.74, 6) is -0.361. The summed E-state index contributed by atoms with van der Waals surface area (Å²) in [6, 6.07) is 24.2. The van der Waals surface area contributed by atoms with E-state index >= 15 is 0 Å². The minimum Gasteiger partial charge on any atom is -0.348 e. The lowest BCUT2D eigenvalue weighted by atomic mass is 10.0. The van der Waals surface area contributed by atoms with Crippen molar-refractivity contribution in [3.8, 4) is 0 Å². The van der Waals surface area contributed by atoms with Crippen LogP contribution in [0.3, 0.4) is 0 Å². The summed E-state index contributed by atoms with van der Waals surface area (Å²) in [5.41, 5.74) is 3.37. The van der Waals surface area contributed by atoms with Crippen molar-refractivity contribution in [1.29, 1.82) is 0 Å². The van der Waals surface area contributed by atoms with Crippen LogP contribution in [0.2, 0.25) is 0 Å². The second kappa shape index (κ2) is 11.0. The van der Waals surface area contributed by atoms with Crippen LogP contribution in [0.15, 0.2) is 83.8 Å². The van der Waals surface area contributed by atoms with Gasteiger partial charge in [-0.15, -0.1) is 0 Å². The molecule has 34 heavy (non-hydrogen) atoms. The normalized spacial score (nSPS) is 16.8. The van der Waals surface area contributed by atoms with Crippen LogP contribution < -0.4 is 5.32 Å². The summed E-state index contributed by atoms with van der Waals surface area (Å²) in [6.07, 6.45) is 3.86. The van der Waals surface area contributed by atoms with Gasteiger partial charge in [0.1, 0.15) is 0 Å². The maximum atomic E-state index is 12.7. The molecular weight excluding hydrogens is 444 g/mol. The molecule has 1 amide bonds. The van der Waals surface area contributed by atoms with Gasteiger partial charge in [0.05, 0.1) is 10.6 Å². The van der Waals surface area contributed by atoms with Crippen molar-refractivity contribution in [3.63, 3.8) is 0 Å². The van der Waals surface area contributed by atoms with E-state index in [0.29, 0.717) is 23.7 Å². The highest BCUT2D eigenvalue weighted by molar-refractivity contribution is 7.90. The Labute approximate surface area is 202 Å². The molecule has 6 heteroatoms. The Hall–Kier alpha value is -2.96. The smallest absolute Gasteiger partial charge is 0.251 e. The molecule has 3 aromatic rings. The Morgan fingerprint density at radius 1 is 0.912 bits per heavy atom. The maximum absolute atomic E-state index is 12.7. The maximum Gasteiger partial charge on any atom is 0.251 e. The van der Waals surface area contributed by atoms with Crippen LogP contribution in [0, 0.1) is 0 Å². The quantitative estimate of drug-likeness (QED) is 0.499. The first-order valence-electron chi connectivity index (χ1n) is 11.9. The third kappa shape index (κ3) is 6.33. The van der Waals surface area contributed by atoms with Crippen LogP contribution >= 0.6 is 0 Å². The number of hydrogen-bond acceptors (Lipinski definition) is 4. The van der Waals surface area contributed by atoms with Crippen LogP contribution in [0.25, 0.3) is 0 Å². The molecule has 0 bridgehead atoms. The molecular formula is C28H32N2O3S. The monoisotopic (exact) mass is 476 g/mol. The SMILES string of the molecule is CC1CCCCN1Cc1ccc(CNC(=O)c2cccc(CS(=O)(=O)c3ccccc3)c2)cc1. The number of rotatable bonds is 8. The van der Waals surface area contributed by atoms with Gasteiger partial charge in [-0.1, -0.05) is 61.0 Å². The van der Waals surface area contributed by atoms with E-state index in [1.165, 1.54) is 24.8 Å². The minimum absolute atomic E-state index is 0.144. The van der Waals surface area contributed by atoms with Crippen LogP contribution in [0.4, 0.5) is 0 Å². The van der Waals surface area contributed by atoms with Gasteiger partial charge in [0.15, 0.2) is 9.84 Å². The predicted octanol–water partition coefficient (Wildman–Crippen LogP) is 4.96. The summed E-state index contributed by atoms with van der Waals surface area (Å²) in [5, 5.41) is 2.95. The first kappa shape index (κ1) is 24.2. The zero-order valence-corrected chi connectivity index (χ0v) is 20.4. The van der Waals surface area contributed by atoms with Gasteiger partial charge in [0.25, 0.3) is 5.91 Å². The number of benzene rings is 3. The highest BCUT2D eigenvalue weighted by Gasteiger charge is 2.18. The highest BCUT2D eigenvalue weighted by Crippen LogP contribution is 2.20. The molecule has 3 aromatic carbocycles. The second-order valence-electron chi connectivity index (χ2n) is 9.09. The van der Waals surface area contributed by atoms with Gasteiger partial charge in [0.2, 0.25) is 0 Å². The van der Waals surface area contributed by atoms with E-state index in [9.17, 15) is 13.2 Å². The summed E-state index contributed by atoms with van der Waals surface area (Å²) in [7, 11) is -3.46. The average molecular weight is 477 g/mol. The fourth-order valence-electron chi connectivity index (χ4n) is 4.41. The van der Waals surface area contributed by atoms with Crippen molar-refractivity contribution in [1.82, 2.24) is 10.2 Å². The third-order valence-corrected chi connectivity index (χ3v) is 8.15. The van der Waals surface area contributed by atoms with E-state index in [0.717, 1.165) is 18.7 Å². The Balaban J connectivity index is 1.33. The van der Waals surface area contributed by atoms with Gasteiger partial charge >= 0.3 is 0 Å². The van der Waals surface area contributed by atoms with Gasteiger partial charge in [0, 0.05) is 24.7 Å². The lowest BCUT2D eigenvalue weighted by molar-refractivity contribution is 0.0950. The number of piperidine rings is 1. The summed E-state index contributed by atoms with van der Waals surface area (Å²) in [6.45, 7) is 4.85. The van der Waals surface area contributed by atoms with E-state index < -0.39 is 9.84 Å². The summed E-state index contributed by atoms with van der Waals surface area (Å²) >= 11 is 0. The lowest BCUT2D eigenvalue weighted by Gasteiger charge is -2.33. The van der Waals surface area contributed by atoms with Gasteiger partial charge in [-0.2, -0.15) is 0 Å². The van der Waals surface area contributed by atoms with Crippen molar-refractivity contribution in [2.75, 3.05) is 6.54 Å². The fraction of sp³-hybridized carbons (Fsp3) is 0.321. The van der Waals surface area contributed by atoms with Gasteiger partial charge in [-0.05, 0) is 67.3 Å². The van der Waals surface area contributed by atoms with Crippen molar-refractivity contribution in [2.45, 2.75) is 56.0 Å². The lowest BCUT2D eigenvalue weighted by Crippen LogP contribution is -2.36. The average Bonchev–Trinajstić information content (AvgIpc) is 2.85. The molecule has 1 saturated heterocycles. The topological polar surface area (TPSA) is 66.5 Å². The minimum atomic E-state index is -3.46. The standard InChI is InChI=1S/C28H32N2O3S/c1-22-8-5-6-17-30(22)20-24-15-13-23(14-16-24)19-29-28(31)26-10-7-9-25(18-26)21-34(32,33)27-11-3-2-4-12-27/h2-4,7,9-16,18,22H,5-6,8,17,19-21H2,1H3,(H,29,31). The molecule has 5 nitrogen and oxygen atoms in total. The molecule has 0 saturated carbocycles. The van der Waals surface area contributed by atoms with Crippen molar-refractivity contribution in [3.05, 3.63) is 101 Å². The zero-order valence-electron chi connectivity index (χ0n) is 19.6. The molecule has 1 heterocycles. The first-order chi connectivity index (χ1) is 16.4. The Morgan fingerprint density at radius 3 is 2.38 bits per heavy atom. The van der Waals surface area contributed by atoms with E-state index in [-0.39, 0.29) is 16.6 Å². The third-order valence-electron chi connectivity index (χ3n) is 6.45. The van der Waals surface area contributed by atoms with Crippen LogP contribution in [0.5, 0.6) is 0 Å². The van der Waals surface area contributed by atoms with Crippen molar-refractivity contribution < 1.29 is 13.2 Å². The Kier molecular flexibility index (Phi) is 7.80. The van der Waals surface area contributed by atoms with E-state index in [1.807, 2.05) is 0 Å². The number of amides is 1. The number of hydrogen-bond donors (Lipinski definition) is 1. The number of carbonyl (C=O) groups excluding carboxylic acids is 1. The van der Waals surface area contributed by atoms with Crippen molar-refractivity contribution in [2.24, 2.45) is 0 Å².